The molecule has 0 saturated heterocycles. The van der Waals surface area contributed by atoms with E-state index in [0.29, 0.717) is 20.1 Å². The van der Waals surface area contributed by atoms with Crippen molar-refractivity contribution in [2.24, 2.45) is 0 Å². The Morgan fingerprint density at radius 3 is 1.42 bits per heavy atom. The summed E-state index contributed by atoms with van der Waals surface area (Å²) in [7, 11) is 0. The zero-order valence-corrected chi connectivity index (χ0v) is 24.1. The molecule has 0 aromatic heterocycles. The molecular weight excluding hydrogens is 624 g/mol. The van der Waals surface area contributed by atoms with Crippen LogP contribution in [0, 0.1) is 20.2 Å². The van der Waals surface area contributed by atoms with Gasteiger partial charge in [0.25, 0.3) is 11.4 Å². The van der Waals surface area contributed by atoms with Gasteiger partial charge in [-0.1, -0.05) is 38.5 Å². The minimum absolute atomic E-state index is 0.0872. The Morgan fingerprint density at radius 2 is 1.08 bits per heavy atom. The molecule has 2 aromatic rings. The van der Waals surface area contributed by atoms with Gasteiger partial charge in [0.2, 0.25) is 0 Å². The van der Waals surface area contributed by atoms with E-state index in [1.54, 1.807) is 12.1 Å². The van der Waals surface area contributed by atoms with E-state index in [2.05, 4.69) is 31.9 Å². The maximum Gasteiger partial charge on any atom is 0.508 e. The van der Waals surface area contributed by atoms with Crippen LogP contribution in [0.5, 0.6) is 0 Å². The number of nitrogens with zero attached hydrogens (tertiary/aromatic N) is 2. The summed E-state index contributed by atoms with van der Waals surface area (Å²) >= 11 is 6.63. The second-order valence-electron chi connectivity index (χ2n) is 10.0. The first-order valence-corrected chi connectivity index (χ1v) is 14.6. The summed E-state index contributed by atoms with van der Waals surface area (Å²) in [4.78, 5) is 34.7. The third-order valence-electron chi connectivity index (χ3n) is 7.59. The summed E-state index contributed by atoms with van der Waals surface area (Å²) in [6.07, 6.45) is 9.68. The highest BCUT2D eigenvalue weighted by atomic mass is 79.9. The van der Waals surface area contributed by atoms with Crippen molar-refractivity contribution in [3.63, 3.8) is 0 Å². The molecule has 2 aliphatic rings. The number of carbonyl (C=O) groups is 1. The Morgan fingerprint density at radius 1 is 0.711 bits per heavy atom. The second-order valence-corrected chi connectivity index (χ2v) is 11.7. The number of nitro benzene ring substituents is 2. The normalized spacial score (nSPS) is 16.7. The molecule has 2 saturated carbocycles. The van der Waals surface area contributed by atoms with Crippen molar-refractivity contribution < 1.29 is 24.1 Å². The highest BCUT2D eigenvalue weighted by molar-refractivity contribution is 9.11. The SMILES string of the molecule is O=C(OCc1cc([N+](=O)[O-])c(Br)cc1C1CCCCC1)OCc1cc([N+](=O)[O-])c(Br)cc1C1CCCCC1. The number of nitro groups is 2. The summed E-state index contributed by atoms with van der Waals surface area (Å²) in [6.45, 7) is -0.316. The molecular formula is C27H30Br2N2O7. The van der Waals surface area contributed by atoms with Gasteiger partial charge in [-0.3, -0.25) is 20.2 Å². The van der Waals surface area contributed by atoms with Gasteiger partial charge in [-0.25, -0.2) is 4.79 Å². The minimum atomic E-state index is -0.926. The summed E-state index contributed by atoms with van der Waals surface area (Å²) < 4.78 is 11.6. The summed E-state index contributed by atoms with van der Waals surface area (Å²) in [5, 5.41) is 23.0. The van der Waals surface area contributed by atoms with Gasteiger partial charge in [-0.05, 0) is 104 Å². The van der Waals surface area contributed by atoms with E-state index in [1.807, 2.05) is 0 Å². The van der Waals surface area contributed by atoms with Crippen molar-refractivity contribution in [2.45, 2.75) is 89.3 Å². The van der Waals surface area contributed by atoms with E-state index < -0.39 is 16.0 Å². The molecule has 0 aliphatic heterocycles. The van der Waals surface area contributed by atoms with Crippen LogP contribution in [0.15, 0.2) is 33.2 Å². The summed E-state index contributed by atoms with van der Waals surface area (Å²) in [6, 6.07) is 6.46. The largest absolute Gasteiger partial charge is 0.508 e. The van der Waals surface area contributed by atoms with Crippen LogP contribution in [0.25, 0.3) is 0 Å². The lowest BCUT2D eigenvalue weighted by atomic mass is 9.82. The van der Waals surface area contributed by atoms with E-state index in [4.69, 9.17) is 9.47 Å². The first-order chi connectivity index (χ1) is 18.2. The lowest BCUT2D eigenvalue weighted by Crippen LogP contribution is -2.13. The number of hydrogen-bond donors (Lipinski definition) is 0. The van der Waals surface area contributed by atoms with Gasteiger partial charge in [0.05, 0.1) is 18.8 Å². The first-order valence-electron chi connectivity index (χ1n) is 13.0. The Hall–Kier alpha value is -2.53. The number of hydrogen-bond acceptors (Lipinski definition) is 7. The van der Waals surface area contributed by atoms with Crippen LogP contribution in [-0.4, -0.2) is 16.0 Å². The van der Waals surface area contributed by atoms with Crippen LogP contribution in [0.1, 0.15) is 98.3 Å². The summed E-state index contributed by atoms with van der Waals surface area (Å²) in [5.74, 6) is 0.494. The molecule has 0 heterocycles. The van der Waals surface area contributed by atoms with Crippen molar-refractivity contribution in [3.05, 3.63) is 75.7 Å². The molecule has 2 aromatic carbocycles. The van der Waals surface area contributed by atoms with Crippen molar-refractivity contribution in [1.82, 2.24) is 0 Å². The fraction of sp³-hybridized carbons (Fsp3) is 0.519. The average molecular weight is 654 g/mol. The van der Waals surface area contributed by atoms with E-state index in [1.165, 1.54) is 25.0 Å². The van der Waals surface area contributed by atoms with Crippen molar-refractivity contribution in [1.29, 1.82) is 0 Å². The Bertz CT molecular complexity index is 1120. The third-order valence-corrected chi connectivity index (χ3v) is 8.86. The van der Waals surface area contributed by atoms with Gasteiger partial charge < -0.3 is 9.47 Å². The molecule has 11 heteroatoms. The number of ether oxygens (including phenoxy) is 2. The van der Waals surface area contributed by atoms with Crippen LogP contribution in [0.3, 0.4) is 0 Å². The predicted molar refractivity (Wildman–Crippen MR) is 148 cm³/mol. The van der Waals surface area contributed by atoms with Crippen LogP contribution in [-0.2, 0) is 22.7 Å². The van der Waals surface area contributed by atoms with Crippen molar-refractivity contribution in [2.75, 3.05) is 0 Å². The maximum absolute atomic E-state index is 12.6. The topological polar surface area (TPSA) is 122 Å². The standard InChI is InChI=1S/C27H30Br2N2O7/c28-23-13-21(17-7-3-1-4-8-17)19(11-25(23)30(33)34)15-37-27(32)38-16-20-12-26(31(35)36)24(29)14-22(20)18-9-5-2-6-10-18/h11-14,17-18H,1-10,15-16H2. The number of carbonyl (C=O) groups excluding carboxylic acids is 1. The lowest BCUT2D eigenvalue weighted by molar-refractivity contribution is -0.385. The van der Waals surface area contributed by atoms with E-state index in [9.17, 15) is 25.0 Å². The highest BCUT2D eigenvalue weighted by Crippen LogP contribution is 2.40. The quantitative estimate of drug-likeness (QED) is 0.158. The molecule has 0 atom stereocenters. The average Bonchev–Trinajstić information content (AvgIpc) is 2.91. The molecule has 9 nitrogen and oxygen atoms in total. The Labute approximate surface area is 237 Å². The molecule has 2 aliphatic carbocycles. The Kier molecular flexibility index (Phi) is 9.75. The van der Waals surface area contributed by atoms with Crippen molar-refractivity contribution >= 4 is 49.4 Å². The van der Waals surface area contributed by atoms with Crippen LogP contribution in [0.2, 0.25) is 0 Å². The second kappa shape index (κ2) is 13.0. The minimum Gasteiger partial charge on any atom is -0.429 e. The fourth-order valence-electron chi connectivity index (χ4n) is 5.67. The zero-order valence-electron chi connectivity index (χ0n) is 21.0. The number of halogens is 2. The van der Waals surface area contributed by atoms with Gasteiger partial charge in [-0.2, -0.15) is 0 Å². The third kappa shape index (κ3) is 6.91. The van der Waals surface area contributed by atoms with E-state index in [0.717, 1.165) is 62.5 Å². The predicted octanol–water partition coefficient (Wildman–Crippen LogP) is 8.98. The number of benzene rings is 2. The monoisotopic (exact) mass is 652 g/mol. The van der Waals surface area contributed by atoms with Gasteiger partial charge in [0, 0.05) is 12.1 Å². The number of rotatable bonds is 8. The molecule has 0 radical (unpaired) electrons. The van der Waals surface area contributed by atoms with Crippen molar-refractivity contribution in [3.8, 4) is 0 Å². The van der Waals surface area contributed by atoms with E-state index in [-0.39, 0.29) is 36.4 Å². The van der Waals surface area contributed by atoms with Gasteiger partial charge in [-0.15, -0.1) is 0 Å². The highest BCUT2D eigenvalue weighted by Gasteiger charge is 2.26. The molecule has 0 spiro atoms. The van der Waals surface area contributed by atoms with Gasteiger partial charge in [0.15, 0.2) is 0 Å². The molecule has 0 amide bonds. The lowest BCUT2D eigenvalue weighted by Gasteiger charge is -2.25. The zero-order chi connectivity index (χ0) is 27.2. The first kappa shape index (κ1) is 28.5. The fourth-order valence-corrected chi connectivity index (χ4v) is 6.68. The van der Waals surface area contributed by atoms with Gasteiger partial charge in [0.1, 0.15) is 13.2 Å². The molecule has 4 rings (SSSR count). The molecule has 204 valence electrons. The van der Waals surface area contributed by atoms with Crippen LogP contribution < -0.4 is 0 Å². The van der Waals surface area contributed by atoms with Crippen LogP contribution >= 0.6 is 31.9 Å². The molecule has 0 N–H and O–H groups in total. The smallest absolute Gasteiger partial charge is 0.429 e. The molecule has 38 heavy (non-hydrogen) atoms. The summed E-state index contributed by atoms with van der Waals surface area (Å²) in [5.41, 5.74) is 2.89. The van der Waals surface area contributed by atoms with Gasteiger partial charge >= 0.3 is 6.16 Å². The molecule has 0 unspecified atom stereocenters. The Balaban J connectivity index is 1.49. The van der Waals surface area contributed by atoms with E-state index >= 15 is 0 Å². The molecule has 0 bridgehead atoms. The molecule has 2 fully saturated rings. The van der Waals surface area contributed by atoms with Crippen LogP contribution in [0.4, 0.5) is 16.2 Å². The maximum atomic E-state index is 12.6.